The molecule has 0 radical (unpaired) electrons. The van der Waals surface area contributed by atoms with Crippen LogP contribution in [-0.4, -0.2) is 5.54 Å². The summed E-state index contributed by atoms with van der Waals surface area (Å²) in [5, 5.41) is 3.47. The van der Waals surface area contributed by atoms with Gasteiger partial charge in [-0.05, 0) is 50.5 Å². The lowest BCUT2D eigenvalue weighted by Gasteiger charge is -2.38. The molecule has 0 fully saturated rings. The summed E-state index contributed by atoms with van der Waals surface area (Å²) in [5.41, 5.74) is 4.80. The summed E-state index contributed by atoms with van der Waals surface area (Å²) in [5.74, 6) is 0.0417. The summed E-state index contributed by atoms with van der Waals surface area (Å²) >= 11 is 0. The third kappa shape index (κ3) is 2.89. The molecule has 0 spiro atoms. The van der Waals surface area contributed by atoms with Gasteiger partial charge in [0.25, 0.3) is 0 Å². The van der Waals surface area contributed by atoms with Crippen LogP contribution in [0.3, 0.4) is 0 Å². The Labute approximate surface area is 115 Å². The van der Waals surface area contributed by atoms with Crippen molar-refractivity contribution in [1.29, 1.82) is 0 Å². The molecule has 2 rings (SSSR count). The molecule has 1 N–H and O–H groups in total. The highest BCUT2D eigenvalue weighted by molar-refractivity contribution is 5.44. The van der Waals surface area contributed by atoms with Crippen LogP contribution >= 0.6 is 0 Å². The number of hydrogen-bond acceptors (Lipinski definition) is 1. The Kier molecular flexibility index (Phi) is 3.53. The molecule has 1 aromatic rings. The fraction of sp³-hybridized carbons (Fsp3) is 0.412. The lowest BCUT2D eigenvalue weighted by molar-refractivity contribution is 0.406. The van der Waals surface area contributed by atoms with Gasteiger partial charge in [-0.1, -0.05) is 31.2 Å². The molecule has 1 heterocycles. The van der Waals surface area contributed by atoms with E-state index in [4.69, 9.17) is 0 Å². The van der Waals surface area contributed by atoms with E-state index in [9.17, 15) is 4.39 Å². The van der Waals surface area contributed by atoms with Gasteiger partial charge < -0.3 is 5.32 Å². The van der Waals surface area contributed by atoms with E-state index in [1.165, 1.54) is 23.3 Å². The Balaban J connectivity index is 2.35. The molecule has 0 aliphatic carbocycles. The fourth-order valence-electron chi connectivity index (χ4n) is 3.08. The van der Waals surface area contributed by atoms with Crippen LogP contribution in [0.1, 0.15) is 45.6 Å². The molecule has 102 valence electrons. The Morgan fingerprint density at radius 3 is 2.37 bits per heavy atom. The van der Waals surface area contributed by atoms with Crippen LogP contribution < -0.4 is 5.32 Å². The zero-order valence-electron chi connectivity index (χ0n) is 12.2. The minimum Gasteiger partial charge on any atom is -0.380 e. The summed E-state index contributed by atoms with van der Waals surface area (Å²) in [7, 11) is 0. The first-order chi connectivity index (χ1) is 8.80. The fourth-order valence-corrected chi connectivity index (χ4v) is 3.08. The van der Waals surface area contributed by atoms with Gasteiger partial charge in [0.2, 0.25) is 0 Å². The highest BCUT2D eigenvalue weighted by Gasteiger charge is 2.29. The summed E-state index contributed by atoms with van der Waals surface area (Å²) in [6, 6.07) is 6.75. The van der Waals surface area contributed by atoms with Gasteiger partial charge in [0.05, 0.1) is 0 Å². The largest absolute Gasteiger partial charge is 0.380 e. The lowest BCUT2D eigenvalue weighted by atomic mass is 9.80. The van der Waals surface area contributed by atoms with Crippen LogP contribution in [0.25, 0.3) is 0 Å². The molecule has 0 saturated heterocycles. The molecule has 1 nitrogen and oxygen atoms in total. The van der Waals surface area contributed by atoms with Crippen molar-refractivity contribution in [2.45, 2.75) is 45.6 Å². The van der Waals surface area contributed by atoms with Gasteiger partial charge in [-0.25, -0.2) is 4.39 Å². The SMILES string of the molecule is C=C1NC(C)(C)CC(C)=C1C(C)c1ccc(F)cc1. The van der Waals surface area contributed by atoms with Crippen LogP contribution in [0.15, 0.2) is 47.7 Å². The van der Waals surface area contributed by atoms with E-state index in [1.54, 1.807) is 0 Å². The lowest BCUT2D eigenvalue weighted by Crippen LogP contribution is -2.42. The van der Waals surface area contributed by atoms with Crippen molar-refractivity contribution in [2.75, 3.05) is 0 Å². The minimum atomic E-state index is -0.191. The monoisotopic (exact) mass is 259 g/mol. The molecule has 1 unspecified atom stereocenters. The van der Waals surface area contributed by atoms with Crippen molar-refractivity contribution in [1.82, 2.24) is 5.32 Å². The standard InChI is InChI=1S/C17H22FN/c1-11-10-17(4,5)19-13(3)16(11)12(2)14-6-8-15(18)9-7-14/h6-9,12,19H,3,10H2,1-2,4-5H3. The minimum absolute atomic E-state index is 0.0627. The van der Waals surface area contributed by atoms with Crippen molar-refractivity contribution in [3.8, 4) is 0 Å². The Hall–Kier alpha value is -1.57. The van der Waals surface area contributed by atoms with Crippen LogP contribution in [0.5, 0.6) is 0 Å². The number of allylic oxidation sites excluding steroid dienone is 1. The van der Waals surface area contributed by atoms with Gasteiger partial charge in [0, 0.05) is 17.2 Å². The second-order valence-corrected chi connectivity index (χ2v) is 6.13. The molecular formula is C17H22FN. The van der Waals surface area contributed by atoms with Crippen molar-refractivity contribution in [3.05, 3.63) is 59.1 Å². The average Bonchev–Trinajstić information content (AvgIpc) is 2.26. The number of hydrogen-bond donors (Lipinski definition) is 1. The van der Waals surface area contributed by atoms with Crippen molar-refractivity contribution >= 4 is 0 Å². The Bertz CT molecular complexity index is 523. The molecule has 1 aromatic carbocycles. The molecule has 1 aliphatic rings. The van der Waals surface area contributed by atoms with Crippen molar-refractivity contribution in [3.63, 3.8) is 0 Å². The van der Waals surface area contributed by atoms with Gasteiger partial charge in [-0.15, -0.1) is 0 Å². The first-order valence-electron chi connectivity index (χ1n) is 6.73. The average molecular weight is 259 g/mol. The second-order valence-electron chi connectivity index (χ2n) is 6.13. The normalized spacial score (nSPS) is 20.2. The maximum absolute atomic E-state index is 13.0. The van der Waals surface area contributed by atoms with E-state index < -0.39 is 0 Å². The predicted molar refractivity (Wildman–Crippen MR) is 78.5 cm³/mol. The van der Waals surface area contributed by atoms with Crippen molar-refractivity contribution < 1.29 is 4.39 Å². The number of nitrogens with one attached hydrogen (secondary N) is 1. The number of rotatable bonds is 2. The zero-order valence-corrected chi connectivity index (χ0v) is 12.2. The molecule has 0 bridgehead atoms. The number of halogens is 1. The predicted octanol–water partition coefficient (Wildman–Crippen LogP) is 4.53. The third-order valence-corrected chi connectivity index (χ3v) is 3.78. The van der Waals surface area contributed by atoms with Gasteiger partial charge in [0.15, 0.2) is 0 Å². The molecule has 0 aromatic heterocycles. The first-order valence-corrected chi connectivity index (χ1v) is 6.73. The third-order valence-electron chi connectivity index (χ3n) is 3.78. The molecule has 1 aliphatic heterocycles. The molecule has 19 heavy (non-hydrogen) atoms. The quantitative estimate of drug-likeness (QED) is 0.822. The molecular weight excluding hydrogens is 237 g/mol. The van der Waals surface area contributed by atoms with Crippen LogP contribution in [-0.2, 0) is 0 Å². The van der Waals surface area contributed by atoms with Gasteiger partial charge in [-0.2, -0.15) is 0 Å². The summed E-state index contributed by atoms with van der Waals surface area (Å²) < 4.78 is 13.0. The van der Waals surface area contributed by atoms with Crippen molar-refractivity contribution in [2.24, 2.45) is 0 Å². The van der Waals surface area contributed by atoms with E-state index in [0.29, 0.717) is 0 Å². The topological polar surface area (TPSA) is 12.0 Å². The molecule has 2 heteroatoms. The molecule has 0 saturated carbocycles. The molecule has 0 amide bonds. The highest BCUT2D eigenvalue weighted by Crippen LogP contribution is 2.37. The summed E-state index contributed by atoms with van der Waals surface area (Å²) in [6.07, 6.45) is 1.01. The Morgan fingerprint density at radius 1 is 1.26 bits per heavy atom. The second kappa shape index (κ2) is 4.84. The van der Waals surface area contributed by atoms with E-state index in [0.717, 1.165) is 17.7 Å². The van der Waals surface area contributed by atoms with E-state index in [-0.39, 0.29) is 17.3 Å². The molecule has 1 atom stereocenters. The maximum Gasteiger partial charge on any atom is 0.123 e. The van der Waals surface area contributed by atoms with Gasteiger partial charge in [0.1, 0.15) is 5.82 Å². The Morgan fingerprint density at radius 2 is 1.84 bits per heavy atom. The van der Waals surface area contributed by atoms with Crippen LogP contribution in [0.4, 0.5) is 4.39 Å². The zero-order chi connectivity index (χ0) is 14.2. The number of benzene rings is 1. The highest BCUT2D eigenvalue weighted by atomic mass is 19.1. The van der Waals surface area contributed by atoms with Crippen LogP contribution in [0.2, 0.25) is 0 Å². The van der Waals surface area contributed by atoms with E-state index in [2.05, 4.69) is 39.6 Å². The van der Waals surface area contributed by atoms with E-state index in [1.807, 2.05) is 12.1 Å². The first kappa shape index (κ1) is 13.9. The summed E-state index contributed by atoms with van der Waals surface area (Å²) in [4.78, 5) is 0. The smallest absolute Gasteiger partial charge is 0.123 e. The summed E-state index contributed by atoms with van der Waals surface area (Å²) in [6.45, 7) is 12.8. The van der Waals surface area contributed by atoms with Gasteiger partial charge >= 0.3 is 0 Å². The van der Waals surface area contributed by atoms with E-state index >= 15 is 0 Å². The van der Waals surface area contributed by atoms with Gasteiger partial charge in [-0.3, -0.25) is 0 Å². The van der Waals surface area contributed by atoms with Crippen LogP contribution in [0, 0.1) is 5.82 Å². The maximum atomic E-state index is 13.0.